The Kier molecular flexibility index (Phi) is 9.34. The highest BCUT2D eigenvalue weighted by Crippen LogP contribution is 2.33. The summed E-state index contributed by atoms with van der Waals surface area (Å²) in [6, 6.07) is 14.7. The molecule has 3 heterocycles. The van der Waals surface area contributed by atoms with Gasteiger partial charge in [0.25, 0.3) is 5.91 Å². The van der Waals surface area contributed by atoms with E-state index in [1.54, 1.807) is 18.3 Å². The number of amides is 1. The first kappa shape index (κ1) is 30.5. The van der Waals surface area contributed by atoms with Gasteiger partial charge < -0.3 is 15.0 Å². The summed E-state index contributed by atoms with van der Waals surface area (Å²) in [5.41, 5.74) is 3.03. The summed E-state index contributed by atoms with van der Waals surface area (Å²) in [6.07, 6.45) is 0.852. The molecule has 0 aliphatic carbocycles. The first-order valence-electron chi connectivity index (χ1n) is 14.9. The fraction of sp³-hybridized carbons (Fsp3) is 0.424. The van der Waals surface area contributed by atoms with Crippen LogP contribution in [0.25, 0.3) is 11.1 Å². The average molecular weight is 595 g/mol. The van der Waals surface area contributed by atoms with E-state index in [-0.39, 0.29) is 17.8 Å². The molecule has 7 nitrogen and oxygen atoms in total. The highest BCUT2D eigenvalue weighted by Gasteiger charge is 2.30. The van der Waals surface area contributed by atoms with E-state index in [0.29, 0.717) is 36.1 Å². The van der Waals surface area contributed by atoms with Crippen LogP contribution in [0.2, 0.25) is 0 Å². The van der Waals surface area contributed by atoms with Gasteiger partial charge in [-0.1, -0.05) is 12.1 Å². The summed E-state index contributed by atoms with van der Waals surface area (Å²) < 4.78 is 44.6. The quantitative estimate of drug-likeness (QED) is 0.290. The number of piperidine rings is 1. The maximum absolute atomic E-state index is 13.1. The lowest BCUT2D eigenvalue weighted by Crippen LogP contribution is -2.37. The number of aromatic nitrogens is 1. The number of hydrogen-bond donors (Lipinski definition) is 1. The number of esters is 1. The number of benzene rings is 2. The predicted molar refractivity (Wildman–Crippen MR) is 160 cm³/mol. The largest absolute Gasteiger partial charge is 0.466 e. The minimum absolute atomic E-state index is 0.0713. The zero-order valence-corrected chi connectivity index (χ0v) is 24.5. The van der Waals surface area contributed by atoms with Gasteiger partial charge in [-0.25, -0.2) is 4.98 Å². The van der Waals surface area contributed by atoms with Gasteiger partial charge in [0.05, 0.1) is 18.1 Å². The maximum atomic E-state index is 13.1. The molecular weight excluding hydrogens is 557 g/mol. The van der Waals surface area contributed by atoms with E-state index in [1.807, 2.05) is 25.1 Å². The lowest BCUT2D eigenvalue weighted by atomic mass is 9.96. The topological polar surface area (TPSA) is 74.8 Å². The maximum Gasteiger partial charge on any atom is 0.416 e. The summed E-state index contributed by atoms with van der Waals surface area (Å²) in [6.45, 7) is 7.38. The summed E-state index contributed by atoms with van der Waals surface area (Å²) in [4.78, 5) is 34.2. The summed E-state index contributed by atoms with van der Waals surface area (Å²) in [5, 5.41) is 2.89. The van der Waals surface area contributed by atoms with Crippen molar-refractivity contribution in [2.45, 2.75) is 58.3 Å². The Morgan fingerprint density at radius 3 is 2.30 bits per heavy atom. The van der Waals surface area contributed by atoms with Crippen molar-refractivity contribution in [1.82, 2.24) is 9.88 Å². The van der Waals surface area contributed by atoms with Crippen molar-refractivity contribution in [1.29, 1.82) is 0 Å². The standard InChI is InChI=1S/C33H37F3N4O3/c1-3-43-32(42)25-14-17-39(18-15-25)28-12-8-24(9-13-28)31(41)38-30-19-26(21-40-16-4-5-22(40)2)29(20-37-30)23-6-10-27(11-7-23)33(34,35)36/h6-13,19-20,22,25H,3-5,14-18,21H2,1-2H3,(H,37,38,41)/t22-/m1/s1. The van der Waals surface area contributed by atoms with Crippen LogP contribution in [0, 0.1) is 5.92 Å². The number of halogens is 3. The Morgan fingerprint density at radius 1 is 1.00 bits per heavy atom. The van der Waals surface area contributed by atoms with Crippen LogP contribution in [0.1, 0.15) is 61.0 Å². The van der Waals surface area contributed by atoms with E-state index in [0.717, 1.165) is 74.3 Å². The third-order valence-corrected chi connectivity index (χ3v) is 8.43. The third kappa shape index (κ3) is 7.36. The molecule has 0 saturated carbocycles. The van der Waals surface area contributed by atoms with Gasteiger partial charge in [-0.15, -0.1) is 0 Å². The van der Waals surface area contributed by atoms with Crippen molar-refractivity contribution in [2.24, 2.45) is 5.92 Å². The smallest absolute Gasteiger partial charge is 0.416 e. The molecule has 228 valence electrons. The highest BCUT2D eigenvalue weighted by atomic mass is 19.4. The van der Waals surface area contributed by atoms with Crippen molar-refractivity contribution in [3.05, 3.63) is 77.5 Å². The molecule has 0 spiro atoms. The van der Waals surface area contributed by atoms with Gasteiger partial charge in [0.15, 0.2) is 0 Å². The van der Waals surface area contributed by atoms with E-state index >= 15 is 0 Å². The van der Waals surface area contributed by atoms with E-state index in [1.165, 1.54) is 12.1 Å². The van der Waals surface area contributed by atoms with Gasteiger partial charge in [-0.3, -0.25) is 14.5 Å². The fourth-order valence-electron chi connectivity index (χ4n) is 5.89. The number of carbonyl (C=O) groups excluding carboxylic acids is 2. The normalized spacial score (nSPS) is 18.1. The molecule has 2 aliphatic heterocycles. The van der Waals surface area contributed by atoms with E-state index in [4.69, 9.17) is 4.74 Å². The van der Waals surface area contributed by atoms with Crippen LogP contribution in [0.15, 0.2) is 60.8 Å². The number of rotatable bonds is 8. The molecule has 0 bridgehead atoms. The highest BCUT2D eigenvalue weighted by molar-refractivity contribution is 6.04. The van der Waals surface area contributed by atoms with Gasteiger partial charge in [0.1, 0.15) is 5.82 Å². The third-order valence-electron chi connectivity index (χ3n) is 8.43. The molecule has 10 heteroatoms. The Bertz CT molecular complexity index is 1420. The van der Waals surface area contributed by atoms with Crippen molar-refractivity contribution in [3.63, 3.8) is 0 Å². The number of nitrogens with zero attached hydrogens (tertiary/aromatic N) is 3. The molecule has 2 aromatic carbocycles. The second kappa shape index (κ2) is 13.2. The van der Waals surface area contributed by atoms with Crippen LogP contribution in [0.3, 0.4) is 0 Å². The van der Waals surface area contributed by atoms with Crippen LogP contribution in [-0.4, -0.2) is 54.0 Å². The molecule has 1 amide bonds. The second-order valence-electron chi connectivity index (χ2n) is 11.3. The minimum atomic E-state index is -4.40. The first-order valence-corrected chi connectivity index (χ1v) is 14.9. The summed E-state index contributed by atoms with van der Waals surface area (Å²) in [7, 11) is 0. The van der Waals surface area contributed by atoms with Gasteiger partial charge in [-0.2, -0.15) is 13.2 Å². The molecule has 2 aliphatic rings. The van der Waals surface area contributed by atoms with Crippen LogP contribution in [0.5, 0.6) is 0 Å². The Hall–Kier alpha value is -3.92. The van der Waals surface area contributed by atoms with Gasteiger partial charge in [0, 0.05) is 48.7 Å². The zero-order valence-electron chi connectivity index (χ0n) is 24.5. The molecule has 1 aromatic heterocycles. The number of alkyl halides is 3. The number of pyridine rings is 1. The fourth-order valence-corrected chi connectivity index (χ4v) is 5.89. The predicted octanol–water partition coefficient (Wildman–Crippen LogP) is 6.78. The number of nitrogens with one attached hydrogen (secondary N) is 1. The average Bonchev–Trinajstić information content (AvgIpc) is 3.41. The molecule has 43 heavy (non-hydrogen) atoms. The van der Waals surface area contributed by atoms with Crippen molar-refractivity contribution in [2.75, 3.05) is 36.5 Å². The SMILES string of the molecule is CCOC(=O)C1CCN(c2ccc(C(=O)Nc3cc(CN4CCC[C@H]4C)c(-c4ccc(C(F)(F)F)cc4)cn3)cc2)CC1. The molecule has 2 saturated heterocycles. The van der Waals surface area contributed by atoms with Crippen LogP contribution in [0.4, 0.5) is 24.7 Å². The number of ether oxygens (including phenoxy) is 1. The Morgan fingerprint density at radius 2 is 1.70 bits per heavy atom. The molecule has 2 fully saturated rings. The molecule has 1 N–H and O–H groups in total. The molecule has 1 atom stereocenters. The summed E-state index contributed by atoms with van der Waals surface area (Å²) in [5.74, 6) is -0.123. The Balaban J connectivity index is 1.29. The molecule has 0 unspecified atom stereocenters. The van der Waals surface area contributed by atoms with Crippen LogP contribution in [-0.2, 0) is 22.3 Å². The first-order chi connectivity index (χ1) is 20.6. The molecule has 5 rings (SSSR count). The van der Waals surface area contributed by atoms with Crippen molar-refractivity contribution < 1.29 is 27.5 Å². The van der Waals surface area contributed by atoms with E-state index in [9.17, 15) is 22.8 Å². The molecule has 0 radical (unpaired) electrons. The van der Waals surface area contributed by atoms with Crippen molar-refractivity contribution in [3.8, 4) is 11.1 Å². The number of carbonyl (C=O) groups is 2. The van der Waals surface area contributed by atoms with E-state index < -0.39 is 11.7 Å². The van der Waals surface area contributed by atoms with Crippen LogP contribution < -0.4 is 10.2 Å². The van der Waals surface area contributed by atoms with Crippen LogP contribution >= 0.6 is 0 Å². The van der Waals surface area contributed by atoms with Crippen molar-refractivity contribution >= 4 is 23.4 Å². The summed E-state index contributed by atoms with van der Waals surface area (Å²) >= 11 is 0. The zero-order chi connectivity index (χ0) is 30.6. The second-order valence-corrected chi connectivity index (χ2v) is 11.3. The van der Waals surface area contributed by atoms with Gasteiger partial charge in [-0.05, 0) is 99.7 Å². The van der Waals surface area contributed by atoms with Gasteiger partial charge in [0.2, 0.25) is 0 Å². The number of hydrogen-bond acceptors (Lipinski definition) is 6. The monoisotopic (exact) mass is 594 g/mol. The lowest BCUT2D eigenvalue weighted by molar-refractivity contribution is -0.148. The number of anilines is 2. The van der Waals surface area contributed by atoms with E-state index in [2.05, 4.69) is 27.0 Å². The Labute approximate surface area is 250 Å². The minimum Gasteiger partial charge on any atom is -0.466 e. The van der Waals surface area contributed by atoms with Gasteiger partial charge >= 0.3 is 12.1 Å². The molecule has 3 aromatic rings. The number of likely N-dealkylation sites (tertiary alicyclic amines) is 1. The lowest BCUT2D eigenvalue weighted by Gasteiger charge is -2.32. The molecular formula is C33H37F3N4O3.